The molecule has 3 rings (SSSR count). The third-order valence-corrected chi connectivity index (χ3v) is 5.36. The maximum Gasteiger partial charge on any atom is 0.294 e. The zero-order chi connectivity index (χ0) is 24.7. The lowest BCUT2D eigenvalue weighted by atomic mass is 10.2. The van der Waals surface area contributed by atoms with E-state index in [9.17, 15) is 14.4 Å². The first-order chi connectivity index (χ1) is 16.2. The molecule has 0 aliphatic rings. The first kappa shape index (κ1) is 25.2. The number of benzene rings is 1. The summed E-state index contributed by atoms with van der Waals surface area (Å²) >= 11 is 5.84. The summed E-state index contributed by atoms with van der Waals surface area (Å²) < 4.78 is 5.73. The van der Waals surface area contributed by atoms with Gasteiger partial charge in [0.15, 0.2) is 0 Å². The van der Waals surface area contributed by atoms with Crippen molar-refractivity contribution >= 4 is 51.8 Å². The van der Waals surface area contributed by atoms with Gasteiger partial charge >= 0.3 is 0 Å². The molecule has 2 heterocycles. The van der Waals surface area contributed by atoms with E-state index in [1.807, 2.05) is 19.0 Å². The Morgan fingerprint density at radius 2 is 1.76 bits per heavy atom. The largest absolute Gasteiger partial charge is 0.449 e. The Morgan fingerprint density at radius 3 is 2.47 bits per heavy atom. The van der Waals surface area contributed by atoms with Gasteiger partial charge in [-0.05, 0) is 44.8 Å². The van der Waals surface area contributed by atoms with Gasteiger partial charge in [0.2, 0.25) is 17.6 Å². The molecule has 2 aromatic heterocycles. The second kappa shape index (κ2) is 11.6. The lowest BCUT2D eigenvalue weighted by molar-refractivity contribution is -0.130. The molecule has 180 valence electrons. The molecule has 9 nitrogen and oxygen atoms in total. The van der Waals surface area contributed by atoms with E-state index in [-0.39, 0.29) is 36.1 Å². The van der Waals surface area contributed by atoms with Crippen LogP contribution in [-0.4, -0.2) is 66.7 Å². The number of fused-ring (bicyclic) bond motifs is 1. The van der Waals surface area contributed by atoms with Gasteiger partial charge in [-0.1, -0.05) is 23.7 Å². The fraction of sp³-hybridized carbons (Fsp3) is 0.333. The van der Waals surface area contributed by atoms with Crippen molar-refractivity contribution in [2.24, 2.45) is 0 Å². The average Bonchev–Trinajstić information content (AvgIpc) is 3.17. The number of hydrogen-bond acceptors (Lipinski definition) is 6. The molecule has 10 heteroatoms. The van der Waals surface area contributed by atoms with E-state index < -0.39 is 5.91 Å². The number of rotatable bonds is 10. The molecule has 3 aromatic rings. The van der Waals surface area contributed by atoms with Crippen LogP contribution in [0.15, 0.2) is 47.0 Å². The Kier molecular flexibility index (Phi) is 8.61. The van der Waals surface area contributed by atoms with Crippen LogP contribution in [-0.2, 0) is 9.59 Å². The molecule has 0 radical (unpaired) electrons. The summed E-state index contributed by atoms with van der Waals surface area (Å²) in [7, 11) is 5.65. The number of hydrogen-bond donors (Lipinski definition) is 2. The van der Waals surface area contributed by atoms with Crippen molar-refractivity contribution < 1.29 is 18.8 Å². The normalized spacial score (nSPS) is 11.0. The highest BCUT2D eigenvalue weighted by Crippen LogP contribution is 2.31. The number of carbonyl (C=O) groups is 3. The first-order valence-corrected chi connectivity index (χ1v) is 11.3. The summed E-state index contributed by atoms with van der Waals surface area (Å²) in [4.78, 5) is 45.5. The van der Waals surface area contributed by atoms with Crippen molar-refractivity contribution in [3.05, 3.63) is 53.4 Å². The number of pyridine rings is 1. The zero-order valence-electron chi connectivity index (χ0n) is 19.4. The van der Waals surface area contributed by atoms with Crippen LogP contribution in [0.1, 0.15) is 29.8 Å². The van der Waals surface area contributed by atoms with Crippen molar-refractivity contribution in [2.45, 2.75) is 19.3 Å². The minimum absolute atomic E-state index is 0.0149. The van der Waals surface area contributed by atoms with E-state index in [0.717, 1.165) is 6.54 Å². The maximum atomic E-state index is 12.9. The van der Waals surface area contributed by atoms with Crippen molar-refractivity contribution in [1.82, 2.24) is 14.8 Å². The number of para-hydroxylation sites is 1. The molecule has 0 aliphatic carbocycles. The number of nitrogens with one attached hydrogen (secondary N) is 2. The van der Waals surface area contributed by atoms with E-state index in [1.54, 1.807) is 48.3 Å². The van der Waals surface area contributed by atoms with Crippen LogP contribution in [0, 0.1) is 0 Å². The molecule has 2 N–H and O–H groups in total. The summed E-state index contributed by atoms with van der Waals surface area (Å²) in [6.45, 7) is 1.40. The summed E-state index contributed by atoms with van der Waals surface area (Å²) in [5.41, 5.74) is 0.742. The zero-order valence-corrected chi connectivity index (χ0v) is 20.2. The topological polar surface area (TPSA) is 108 Å². The maximum absolute atomic E-state index is 12.9. The second-order valence-electron chi connectivity index (χ2n) is 8.14. The molecule has 0 bridgehead atoms. The third-order valence-electron chi connectivity index (χ3n) is 5.14. The fourth-order valence-corrected chi connectivity index (χ4v) is 3.33. The summed E-state index contributed by atoms with van der Waals surface area (Å²) in [5, 5.41) is 6.47. The van der Waals surface area contributed by atoms with Crippen LogP contribution in [0.5, 0.6) is 0 Å². The van der Waals surface area contributed by atoms with E-state index >= 15 is 0 Å². The molecule has 0 saturated carbocycles. The number of anilines is 2. The smallest absolute Gasteiger partial charge is 0.294 e. The van der Waals surface area contributed by atoms with Crippen LogP contribution in [0.25, 0.3) is 11.0 Å². The van der Waals surface area contributed by atoms with E-state index in [1.165, 1.54) is 6.20 Å². The predicted molar refractivity (Wildman–Crippen MR) is 132 cm³/mol. The molecule has 34 heavy (non-hydrogen) atoms. The minimum Gasteiger partial charge on any atom is -0.449 e. The Bertz CT molecular complexity index is 1160. The van der Waals surface area contributed by atoms with Crippen molar-refractivity contribution in [2.75, 3.05) is 44.9 Å². The monoisotopic (exact) mass is 485 g/mol. The number of carbonyl (C=O) groups excluding carboxylic acids is 3. The standard InChI is InChI=1S/C24H28ClN5O4/c1-29(2)13-14-30(3)21(32)10-6-9-20(31)28-22-17-7-4-5-8-18(17)34-23(22)24(33)27-19-12-11-16(25)15-26-19/h4-5,7-8,11-12,15H,6,9-10,13-14H2,1-3H3,(H,28,31)(H,26,27,33). The third kappa shape index (κ3) is 6.79. The van der Waals surface area contributed by atoms with Gasteiger partial charge in [0.05, 0.1) is 5.02 Å². The number of furan rings is 1. The van der Waals surface area contributed by atoms with Gasteiger partial charge < -0.3 is 24.9 Å². The van der Waals surface area contributed by atoms with E-state index in [4.69, 9.17) is 16.0 Å². The summed E-state index contributed by atoms with van der Waals surface area (Å²) in [6.07, 6.45) is 2.20. The van der Waals surface area contributed by atoms with Gasteiger partial charge in [0.1, 0.15) is 17.1 Å². The Morgan fingerprint density at radius 1 is 1.00 bits per heavy atom. The lowest BCUT2D eigenvalue weighted by Crippen LogP contribution is -2.33. The molecule has 0 saturated heterocycles. The van der Waals surface area contributed by atoms with Gasteiger partial charge in [-0.3, -0.25) is 14.4 Å². The Hall–Kier alpha value is -3.43. The predicted octanol–water partition coefficient (Wildman–Crippen LogP) is 3.86. The molecule has 3 amide bonds. The number of aromatic nitrogens is 1. The molecular formula is C24H28ClN5O4. The van der Waals surface area contributed by atoms with Crippen LogP contribution in [0.2, 0.25) is 5.02 Å². The van der Waals surface area contributed by atoms with Crippen molar-refractivity contribution in [1.29, 1.82) is 0 Å². The first-order valence-electron chi connectivity index (χ1n) is 10.9. The Labute approximate surface area is 203 Å². The average molecular weight is 486 g/mol. The highest BCUT2D eigenvalue weighted by molar-refractivity contribution is 6.30. The van der Waals surface area contributed by atoms with Gasteiger partial charge in [0.25, 0.3) is 5.91 Å². The quantitative estimate of drug-likeness (QED) is 0.451. The van der Waals surface area contributed by atoms with Crippen LogP contribution >= 0.6 is 11.6 Å². The fourth-order valence-electron chi connectivity index (χ4n) is 3.22. The number of nitrogens with zero attached hydrogens (tertiary/aromatic N) is 3. The van der Waals surface area contributed by atoms with Crippen molar-refractivity contribution in [3.63, 3.8) is 0 Å². The molecule has 0 atom stereocenters. The summed E-state index contributed by atoms with van der Waals surface area (Å²) in [5.74, 6) is -0.623. The molecule has 0 unspecified atom stereocenters. The highest BCUT2D eigenvalue weighted by atomic mass is 35.5. The molecular weight excluding hydrogens is 458 g/mol. The number of amides is 3. The number of halogens is 1. The van der Waals surface area contributed by atoms with E-state index in [0.29, 0.717) is 34.8 Å². The van der Waals surface area contributed by atoms with Crippen LogP contribution in [0.3, 0.4) is 0 Å². The lowest BCUT2D eigenvalue weighted by Gasteiger charge is -2.19. The Balaban J connectivity index is 1.65. The van der Waals surface area contributed by atoms with Gasteiger partial charge in [-0.25, -0.2) is 4.98 Å². The summed E-state index contributed by atoms with van der Waals surface area (Å²) in [6, 6.07) is 10.2. The highest BCUT2D eigenvalue weighted by Gasteiger charge is 2.23. The van der Waals surface area contributed by atoms with Gasteiger partial charge in [-0.15, -0.1) is 0 Å². The molecule has 0 fully saturated rings. The van der Waals surface area contributed by atoms with Crippen molar-refractivity contribution in [3.8, 4) is 0 Å². The van der Waals surface area contributed by atoms with Gasteiger partial charge in [-0.2, -0.15) is 0 Å². The van der Waals surface area contributed by atoms with Crippen LogP contribution in [0.4, 0.5) is 11.5 Å². The minimum atomic E-state index is -0.556. The van der Waals surface area contributed by atoms with Crippen LogP contribution < -0.4 is 10.6 Å². The second-order valence-corrected chi connectivity index (χ2v) is 8.57. The molecule has 0 spiro atoms. The number of likely N-dealkylation sites (N-methyl/N-ethyl adjacent to an activating group) is 2. The van der Waals surface area contributed by atoms with E-state index in [2.05, 4.69) is 15.6 Å². The SMILES string of the molecule is CN(C)CCN(C)C(=O)CCCC(=O)Nc1c(C(=O)Nc2ccc(Cl)cn2)oc2ccccc12. The van der Waals surface area contributed by atoms with Gasteiger partial charge in [0, 0.05) is 44.6 Å². The molecule has 1 aromatic carbocycles. The molecule has 0 aliphatic heterocycles.